The Morgan fingerprint density at radius 1 is 1.50 bits per heavy atom. The summed E-state index contributed by atoms with van der Waals surface area (Å²) in [5, 5.41) is 7.51. The van der Waals surface area contributed by atoms with Crippen LogP contribution in [0.15, 0.2) is 12.1 Å². The van der Waals surface area contributed by atoms with Crippen molar-refractivity contribution >= 4 is 11.7 Å². The van der Waals surface area contributed by atoms with Gasteiger partial charge < -0.3 is 10.6 Å². The molecule has 1 atom stereocenters. The topological polar surface area (TPSA) is 72.1 Å². The van der Waals surface area contributed by atoms with Crippen LogP contribution in [0.5, 0.6) is 0 Å². The van der Waals surface area contributed by atoms with E-state index >= 15 is 0 Å². The van der Waals surface area contributed by atoms with Crippen LogP contribution in [0.4, 0.5) is 5.82 Å². The molecule has 1 amide bonds. The molecule has 1 aromatic rings. The first-order chi connectivity index (χ1) is 7.66. The summed E-state index contributed by atoms with van der Waals surface area (Å²) in [4.78, 5) is 13.9. The largest absolute Gasteiger partial charge is 0.382 e. The van der Waals surface area contributed by atoms with Crippen molar-refractivity contribution in [3.63, 3.8) is 0 Å². The smallest absolute Gasteiger partial charge is 0.274 e. The number of anilines is 1. The highest BCUT2D eigenvalue weighted by atomic mass is 16.2. The maximum atomic E-state index is 12.0. The number of nitrogens with two attached hydrogens (primary N) is 1. The summed E-state index contributed by atoms with van der Waals surface area (Å²) in [7, 11) is 0. The molecule has 0 bridgehead atoms. The standard InChI is InChI=1S/C11H16N4O/c1-8-3-2-6-15(7-8)11(16)9-4-5-10(12)14-13-9/h4-5,8H,2-3,6-7H2,1H3,(H2,12,14). The van der Waals surface area contributed by atoms with Crippen LogP contribution in [0.3, 0.4) is 0 Å². The fourth-order valence-corrected chi connectivity index (χ4v) is 1.99. The Morgan fingerprint density at radius 2 is 2.31 bits per heavy atom. The van der Waals surface area contributed by atoms with Gasteiger partial charge in [-0.15, -0.1) is 10.2 Å². The van der Waals surface area contributed by atoms with Gasteiger partial charge in [0.25, 0.3) is 5.91 Å². The van der Waals surface area contributed by atoms with E-state index < -0.39 is 0 Å². The van der Waals surface area contributed by atoms with Crippen LogP contribution in [0.25, 0.3) is 0 Å². The normalized spacial score (nSPS) is 20.8. The number of likely N-dealkylation sites (tertiary alicyclic amines) is 1. The molecule has 2 heterocycles. The average Bonchev–Trinajstić information content (AvgIpc) is 2.29. The predicted octanol–water partition coefficient (Wildman–Crippen LogP) is 0.931. The third kappa shape index (κ3) is 2.29. The Balaban J connectivity index is 2.09. The zero-order chi connectivity index (χ0) is 11.5. The van der Waals surface area contributed by atoms with Gasteiger partial charge in [0.05, 0.1) is 0 Å². The summed E-state index contributed by atoms with van der Waals surface area (Å²) in [5.74, 6) is 0.863. The number of piperidine rings is 1. The van der Waals surface area contributed by atoms with E-state index in [1.54, 1.807) is 12.1 Å². The number of aromatic nitrogens is 2. The van der Waals surface area contributed by atoms with E-state index in [9.17, 15) is 4.79 Å². The Morgan fingerprint density at radius 3 is 2.94 bits per heavy atom. The highest BCUT2D eigenvalue weighted by Crippen LogP contribution is 2.17. The molecule has 1 aliphatic rings. The lowest BCUT2D eigenvalue weighted by Gasteiger charge is -2.30. The van der Waals surface area contributed by atoms with E-state index in [-0.39, 0.29) is 5.91 Å². The molecule has 1 unspecified atom stereocenters. The summed E-state index contributed by atoms with van der Waals surface area (Å²) in [6.07, 6.45) is 2.26. The van der Waals surface area contributed by atoms with Crippen molar-refractivity contribution in [3.8, 4) is 0 Å². The highest BCUT2D eigenvalue weighted by molar-refractivity contribution is 5.92. The van der Waals surface area contributed by atoms with Crippen LogP contribution in [-0.4, -0.2) is 34.1 Å². The Hall–Kier alpha value is -1.65. The molecule has 1 fully saturated rings. The molecule has 1 saturated heterocycles. The molecule has 1 aliphatic heterocycles. The monoisotopic (exact) mass is 220 g/mol. The lowest BCUT2D eigenvalue weighted by molar-refractivity contribution is 0.0676. The maximum Gasteiger partial charge on any atom is 0.274 e. The van der Waals surface area contributed by atoms with Crippen LogP contribution in [0, 0.1) is 5.92 Å². The Bertz CT molecular complexity index is 376. The maximum absolute atomic E-state index is 12.0. The van der Waals surface area contributed by atoms with Crippen LogP contribution >= 0.6 is 0 Å². The lowest BCUT2D eigenvalue weighted by Crippen LogP contribution is -2.39. The van der Waals surface area contributed by atoms with Gasteiger partial charge in [-0.05, 0) is 30.9 Å². The van der Waals surface area contributed by atoms with E-state index in [0.29, 0.717) is 17.4 Å². The summed E-state index contributed by atoms with van der Waals surface area (Å²) in [6, 6.07) is 3.23. The molecular weight excluding hydrogens is 204 g/mol. The van der Waals surface area contributed by atoms with Crippen LogP contribution in [0.2, 0.25) is 0 Å². The van der Waals surface area contributed by atoms with Crippen LogP contribution in [0.1, 0.15) is 30.3 Å². The van der Waals surface area contributed by atoms with E-state index in [2.05, 4.69) is 17.1 Å². The van der Waals surface area contributed by atoms with E-state index in [1.807, 2.05) is 4.90 Å². The van der Waals surface area contributed by atoms with Gasteiger partial charge in [0, 0.05) is 13.1 Å². The lowest BCUT2D eigenvalue weighted by atomic mass is 10.00. The first-order valence-corrected chi connectivity index (χ1v) is 5.55. The minimum Gasteiger partial charge on any atom is -0.382 e. The van der Waals surface area contributed by atoms with Crippen molar-refractivity contribution in [1.82, 2.24) is 15.1 Å². The number of hydrogen-bond acceptors (Lipinski definition) is 4. The molecule has 0 saturated carbocycles. The number of amides is 1. The molecule has 0 radical (unpaired) electrons. The Kier molecular flexibility index (Phi) is 3.03. The molecule has 2 N–H and O–H groups in total. The number of hydrogen-bond donors (Lipinski definition) is 1. The number of nitrogens with zero attached hydrogens (tertiary/aromatic N) is 3. The highest BCUT2D eigenvalue weighted by Gasteiger charge is 2.22. The summed E-state index contributed by atoms with van der Waals surface area (Å²) in [6.45, 7) is 3.79. The third-order valence-corrected chi connectivity index (χ3v) is 2.85. The van der Waals surface area contributed by atoms with Gasteiger partial charge in [0.2, 0.25) is 0 Å². The summed E-state index contributed by atoms with van der Waals surface area (Å²) < 4.78 is 0. The van der Waals surface area contributed by atoms with E-state index in [1.165, 1.54) is 6.42 Å². The zero-order valence-corrected chi connectivity index (χ0v) is 9.39. The molecule has 5 heteroatoms. The molecule has 1 aromatic heterocycles. The quantitative estimate of drug-likeness (QED) is 0.764. The van der Waals surface area contributed by atoms with Gasteiger partial charge in [-0.25, -0.2) is 0 Å². The van der Waals surface area contributed by atoms with Crippen LogP contribution in [-0.2, 0) is 0 Å². The first kappa shape index (κ1) is 10.9. The zero-order valence-electron chi connectivity index (χ0n) is 9.39. The van der Waals surface area contributed by atoms with Gasteiger partial charge >= 0.3 is 0 Å². The van der Waals surface area contributed by atoms with E-state index in [0.717, 1.165) is 19.5 Å². The van der Waals surface area contributed by atoms with Gasteiger partial charge in [-0.2, -0.15) is 0 Å². The fraction of sp³-hybridized carbons (Fsp3) is 0.545. The Labute approximate surface area is 94.6 Å². The molecule has 0 spiro atoms. The van der Waals surface area contributed by atoms with E-state index in [4.69, 9.17) is 5.73 Å². The third-order valence-electron chi connectivity index (χ3n) is 2.85. The molecule has 0 aliphatic carbocycles. The molecule has 0 aromatic carbocycles. The van der Waals surface area contributed by atoms with Crippen molar-refractivity contribution in [2.45, 2.75) is 19.8 Å². The molecule has 86 valence electrons. The fourth-order valence-electron chi connectivity index (χ4n) is 1.99. The second kappa shape index (κ2) is 4.47. The van der Waals surface area contributed by atoms with Gasteiger partial charge in [0.15, 0.2) is 5.69 Å². The van der Waals surface area contributed by atoms with Crippen molar-refractivity contribution in [1.29, 1.82) is 0 Å². The minimum absolute atomic E-state index is 0.0425. The number of carbonyl (C=O) groups is 1. The molecule has 5 nitrogen and oxygen atoms in total. The van der Waals surface area contributed by atoms with Crippen molar-refractivity contribution < 1.29 is 4.79 Å². The molecular formula is C11H16N4O. The minimum atomic E-state index is -0.0425. The van der Waals surface area contributed by atoms with Gasteiger partial charge in [-0.1, -0.05) is 6.92 Å². The first-order valence-electron chi connectivity index (χ1n) is 5.55. The van der Waals surface area contributed by atoms with Crippen LogP contribution < -0.4 is 5.73 Å². The molecule has 16 heavy (non-hydrogen) atoms. The van der Waals surface area contributed by atoms with Gasteiger partial charge in [-0.3, -0.25) is 4.79 Å². The second-order valence-corrected chi connectivity index (χ2v) is 4.34. The molecule has 2 rings (SSSR count). The number of rotatable bonds is 1. The predicted molar refractivity (Wildman–Crippen MR) is 60.7 cm³/mol. The van der Waals surface area contributed by atoms with Crippen molar-refractivity contribution in [2.24, 2.45) is 5.92 Å². The number of carbonyl (C=O) groups excluding carboxylic acids is 1. The van der Waals surface area contributed by atoms with Crippen molar-refractivity contribution in [2.75, 3.05) is 18.8 Å². The van der Waals surface area contributed by atoms with Crippen molar-refractivity contribution in [3.05, 3.63) is 17.8 Å². The SMILES string of the molecule is CC1CCCN(C(=O)c2ccc(N)nn2)C1. The second-order valence-electron chi connectivity index (χ2n) is 4.34. The summed E-state index contributed by atoms with van der Waals surface area (Å²) >= 11 is 0. The van der Waals surface area contributed by atoms with Gasteiger partial charge in [0.1, 0.15) is 5.82 Å². The summed E-state index contributed by atoms with van der Waals surface area (Å²) in [5.41, 5.74) is 5.81. The number of nitrogen functional groups attached to an aromatic ring is 1. The average molecular weight is 220 g/mol.